The van der Waals surface area contributed by atoms with Gasteiger partial charge in [0.05, 0.1) is 6.42 Å². The summed E-state index contributed by atoms with van der Waals surface area (Å²) in [5.74, 6) is 0.262. The van der Waals surface area contributed by atoms with Crippen LogP contribution in [-0.4, -0.2) is 17.8 Å². The Morgan fingerprint density at radius 1 is 1.05 bits per heavy atom. The highest BCUT2D eigenvalue weighted by Gasteiger charge is 2.29. The number of carbonyl (C=O) groups excluding carboxylic acids is 2. The van der Waals surface area contributed by atoms with Crippen molar-refractivity contribution in [2.75, 3.05) is 6.26 Å². The zero-order chi connectivity index (χ0) is 14.2. The monoisotopic (exact) mass is 276 g/mol. The lowest BCUT2D eigenvalue weighted by molar-refractivity contribution is -0.130. The molecule has 0 atom stereocenters. The minimum atomic E-state index is 0.0836. The molecular weight excluding hydrogens is 256 g/mol. The summed E-state index contributed by atoms with van der Waals surface area (Å²) in [4.78, 5) is 24.6. The zero-order valence-electron chi connectivity index (χ0n) is 12.0. The number of thioether (sulfide) groups is 1. The number of benzene rings is 1. The molecule has 3 heteroatoms. The van der Waals surface area contributed by atoms with Crippen LogP contribution in [-0.2, 0) is 9.59 Å². The van der Waals surface area contributed by atoms with E-state index >= 15 is 0 Å². The molecule has 2 nitrogen and oxygen atoms in total. The smallest absolute Gasteiger partial charge is 0.140 e. The van der Waals surface area contributed by atoms with Crippen LogP contribution in [0.4, 0.5) is 0 Å². The molecule has 0 radical (unpaired) electrons. The van der Waals surface area contributed by atoms with Crippen molar-refractivity contribution in [3.8, 4) is 0 Å². The van der Waals surface area contributed by atoms with Gasteiger partial charge in [0.2, 0.25) is 0 Å². The van der Waals surface area contributed by atoms with Gasteiger partial charge in [0.25, 0.3) is 0 Å². The van der Waals surface area contributed by atoms with E-state index < -0.39 is 0 Å². The van der Waals surface area contributed by atoms with Crippen molar-refractivity contribution < 1.29 is 9.59 Å². The van der Waals surface area contributed by atoms with Crippen molar-refractivity contribution in [2.45, 2.75) is 50.8 Å². The van der Waals surface area contributed by atoms with E-state index in [0.717, 1.165) is 0 Å². The van der Waals surface area contributed by atoms with E-state index in [2.05, 4.69) is 33.1 Å². The van der Waals surface area contributed by atoms with Gasteiger partial charge in [-0.2, -0.15) is 0 Å². The summed E-state index contributed by atoms with van der Waals surface area (Å²) in [6.45, 7) is 6.32. The first kappa shape index (κ1) is 14.3. The van der Waals surface area contributed by atoms with Gasteiger partial charge in [-0.05, 0) is 55.2 Å². The quantitative estimate of drug-likeness (QED) is 0.609. The molecule has 1 aliphatic rings. The van der Waals surface area contributed by atoms with Gasteiger partial charge in [0.1, 0.15) is 11.6 Å². The Labute approximate surface area is 119 Å². The van der Waals surface area contributed by atoms with Gasteiger partial charge in [-0.15, -0.1) is 11.8 Å². The van der Waals surface area contributed by atoms with E-state index in [9.17, 15) is 9.59 Å². The molecular formula is C16H20O2S. The van der Waals surface area contributed by atoms with Gasteiger partial charge in [0, 0.05) is 17.7 Å². The van der Waals surface area contributed by atoms with Crippen LogP contribution < -0.4 is 0 Å². The molecule has 0 saturated heterocycles. The topological polar surface area (TPSA) is 34.1 Å². The van der Waals surface area contributed by atoms with Crippen LogP contribution in [0, 0.1) is 20.8 Å². The van der Waals surface area contributed by atoms with Crippen molar-refractivity contribution in [1.82, 2.24) is 0 Å². The highest BCUT2D eigenvalue weighted by Crippen LogP contribution is 2.38. The van der Waals surface area contributed by atoms with Crippen LogP contribution in [0.2, 0.25) is 0 Å². The first-order valence-electron chi connectivity index (χ1n) is 6.62. The van der Waals surface area contributed by atoms with Gasteiger partial charge in [-0.3, -0.25) is 9.59 Å². The van der Waals surface area contributed by atoms with Gasteiger partial charge in [-0.1, -0.05) is 6.07 Å². The van der Waals surface area contributed by atoms with Gasteiger partial charge < -0.3 is 0 Å². The van der Waals surface area contributed by atoms with Crippen LogP contribution in [0.1, 0.15) is 47.4 Å². The molecule has 0 bridgehead atoms. The molecule has 102 valence electrons. The number of hydrogen-bond donors (Lipinski definition) is 0. The van der Waals surface area contributed by atoms with Gasteiger partial charge in [-0.25, -0.2) is 0 Å². The Hall–Kier alpha value is -1.09. The molecule has 1 aliphatic carbocycles. The molecule has 0 aromatic heterocycles. The molecule has 2 rings (SSSR count). The van der Waals surface area contributed by atoms with Crippen LogP contribution in [0.15, 0.2) is 11.0 Å². The fourth-order valence-corrected chi connectivity index (χ4v) is 4.11. The van der Waals surface area contributed by atoms with Crippen molar-refractivity contribution in [3.63, 3.8) is 0 Å². The minimum Gasteiger partial charge on any atom is -0.299 e. The van der Waals surface area contributed by atoms with E-state index in [1.54, 1.807) is 11.8 Å². The molecule has 0 spiro atoms. The number of rotatable bonds is 2. The molecule has 0 N–H and O–H groups in total. The van der Waals surface area contributed by atoms with E-state index in [4.69, 9.17) is 0 Å². The summed E-state index contributed by atoms with van der Waals surface area (Å²) >= 11 is 1.74. The molecule has 0 unspecified atom stereocenters. The number of carbonyl (C=O) groups is 2. The summed E-state index contributed by atoms with van der Waals surface area (Å²) in [5.41, 5.74) is 4.95. The number of hydrogen-bond acceptors (Lipinski definition) is 3. The largest absolute Gasteiger partial charge is 0.299 e. The van der Waals surface area contributed by atoms with Crippen LogP contribution in [0.5, 0.6) is 0 Å². The summed E-state index contributed by atoms with van der Waals surface area (Å²) in [6, 6.07) is 2.18. The molecule has 0 amide bonds. The molecule has 1 fully saturated rings. The minimum absolute atomic E-state index is 0.0836. The number of ketones is 2. The molecule has 1 aromatic carbocycles. The highest BCUT2D eigenvalue weighted by atomic mass is 32.2. The van der Waals surface area contributed by atoms with Crippen molar-refractivity contribution in [2.24, 2.45) is 0 Å². The molecule has 0 aliphatic heterocycles. The average Bonchev–Trinajstić information content (AvgIpc) is 2.27. The lowest BCUT2D eigenvalue weighted by atomic mass is 9.79. The molecule has 1 saturated carbocycles. The maximum Gasteiger partial charge on any atom is 0.140 e. The first-order chi connectivity index (χ1) is 8.93. The highest BCUT2D eigenvalue weighted by molar-refractivity contribution is 7.98. The Balaban J connectivity index is 2.50. The molecule has 1 aromatic rings. The third-order valence-corrected chi connectivity index (χ3v) is 4.95. The molecule has 0 heterocycles. The second-order valence-corrected chi connectivity index (χ2v) is 6.26. The SMILES string of the molecule is CSc1c(C)cc(C)c(C2CC(=O)CC(=O)C2)c1C. The van der Waals surface area contributed by atoms with Gasteiger partial charge >= 0.3 is 0 Å². The van der Waals surface area contributed by atoms with E-state index in [1.807, 2.05) is 0 Å². The number of Topliss-reactive ketones (excluding diaryl/α,β-unsaturated/α-hetero) is 2. The van der Waals surface area contributed by atoms with Crippen molar-refractivity contribution in [1.29, 1.82) is 0 Å². The normalized spacial score (nSPS) is 17.1. The van der Waals surface area contributed by atoms with Crippen LogP contribution >= 0.6 is 11.8 Å². The lowest BCUT2D eigenvalue weighted by Gasteiger charge is -2.26. The average molecular weight is 276 g/mol. The van der Waals surface area contributed by atoms with E-state index in [1.165, 1.54) is 27.1 Å². The Morgan fingerprint density at radius 2 is 1.63 bits per heavy atom. The van der Waals surface area contributed by atoms with Crippen LogP contribution in [0.25, 0.3) is 0 Å². The maximum atomic E-state index is 11.7. The Bertz CT molecular complexity index is 530. The summed E-state index contributed by atoms with van der Waals surface area (Å²) in [7, 11) is 0. The van der Waals surface area contributed by atoms with Crippen LogP contribution in [0.3, 0.4) is 0 Å². The van der Waals surface area contributed by atoms with E-state index in [-0.39, 0.29) is 23.9 Å². The third kappa shape index (κ3) is 2.76. The fourth-order valence-electron chi connectivity index (χ4n) is 3.31. The van der Waals surface area contributed by atoms with Gasteiger partial charge in [0.15, 0.2) is 0 Å². The standard InChI is InChI=1S/C16H20O2S/c1-9-5-10(2)16(19-4)11(3)15(9)12-6-13(17)8-14(18)7-12/h5,12H,6-8H2,1-4H3. The Morgan fingerprint density at radius 3 is 2.16 bits per heavy atom. The Kier molecular flexibility index (Phi) is 4.14. The fraction of sp³-hybridized carbons (Fsp3) is 0.500. The maximum absolute atomic E-state index is 11.7. The third-order valence-electron chi connectivity index (χ3n) is 3.92. The predicted molar refractivity (Wildman–Crippen MR) is 79.0 cm³/mol. The summed E-state index contributed by atoms with van der Waals surface area (Å²) in [5, 5.41) is 0. The van der Waals surface area contributed by atoms with Crippen molar-refractivity contribution >= 4 is 23.3 Å². The first-order valence-corrected chi connectivity index (χ1v) is 7.84. The van der Waals surface area contributed by atoms with Crippen molar-refractivity contribution in [3.05, 3.63) is 28.3 Å². The predicted octanol–water partition coefficient (Wildman–Crippen LogP) is 3.74. The molecule has 19 heavy (non-hydrogen) atoms. The number of aryl methyl sites for hydroxylation is 2. The second kappa shape index (κ2) is 5.49. The lowest BCUT2D eigenvalue weighted by Crippen LogP contribution is -2.22. The second-order valence-electron chi connectivity index (χ2n) is 5.44. The summed E-state index contributed by atoms with van der Waals surface area (Å²) in [6.07, 6.45) is 3.25. The summed E-state index contributed by atoms with van der Waals surface area (Å²) < 4.78 is 0. The zero-order valence-corrected chi connectivity index (χ0v) is 12.8. The van der Waals surface area contributed by atoms with E-state index in [0.29, 0.717) is 12.8 Å².